The summed E-state index contributed by atoms with van der Waals surface area (Å²) >= 11 is 1.71. The Balaban J connectivity index is 2.60. The largest absolute Gasteiger partial charge is 0.387 e. The maximum Gasteiger partial charge on any atom is 0.129 e. The molecule has 0 spiro atoms. The molecule has 78 valence electrons. The molecule has 0 aliphatic rings. The molecule has 3 nitrogen and oxygen atoms in total. The predicted octanol–water partition coefficient (Wildman–Crippen LogP) is 1.84. The van der Waals surface area contributed by atoms with Crippen molar-refractivity contribution in [2.45, 2.75) is 25.2 Å². The van der Waals surface area contributed by atoms with Crippen LogP contribution in [0.15, 0.2) is 18.3 Å². The van der Waals surface area contributed by atoms with Crippen molar-refractivity contribution in [3.8, 4) is 0 Å². The van der Waals surface area contributed by atoms with Crippen molar-refractivity contribution in [1.82, 2.24) is 4.98 Å². The molecule has 0 saturated carbocycles. The molecule has 0 aromatic carbocycles. The van der Waals surface area contributed by atoms with Crippen molar-refractivity contribution in [2.24, 2.45) is 0 Å². The Morgan fingerprint density at radius 2 is 2.29 bits per heavy atom. The van der Waals surface area contributed by atoms with Crippen LogP contribution in [0.3, 0.4) is 0 Å². The maximum absolute atomic E-state index is 9.81. The van der Waals surface area contributed by atoms with Gasteiger partial charge < -0.3 is 10.8 Å². The molecule has 1 unspecified atom stereocenters. The summed E-state index contributed by atoms with van der Waals surface area (Å²) in [7, 11) is 0. The summed E-state index contributed by atoms with van der Waals surface area (Å²) in [4.78, 5) is 3.94. The summed E-state index contributed by atoms with van der Waals surface area (Å²) in [5, 5.41) is 10.3. The molecule has 1 atom stereocenters. The minimum Gasteiger partial charge on any atom is -0.387 e. The number of aromatic nitrogens is 1. The highest BCUT2D eigenvalue weighted by atomic mass is 32.2. The van der Waals surface area contributed by atoms with E-state index in [9.17, 15) is 5.11 Å². The molecule has 0 bridgehead atoms. The van der Waals surface area contributed by atoms with Crippen molar-refractivity contribution in [2.75, 3.05) is 11.5 Å². The zero-order valence-electron chi connectivity index (χ0n) is 8.47. The van der Waals surface area contributed by atoms with Crippen LogP contribution in [0.1, 0.15) is 25.5 Å². The highest BCUT2D eigenvalue weighted by Crippen LogP contribution is 2.23. The molecule has 1 aromatic heterocycles. The van der Waals surface area contributed by atoms with Crippen LogP contribution in [0.5, 0.6) is 0 Å². The van der Waals surface area contributed by atoms with Crippen LogP contribution in [0, 0.1) is 0 Å². The van der Waals surface area contributed by atoms with Gasteiger partial charge in [-0.15, -0.1) is 0 Å². The molecule has 1 aromatic rings. The van der Waals surface area contributed by atoms with E-state index in [0.29, 0.717) is 16.8 Å². The van der Waals surface area contributed by atoms with Gasteiger partial charge in [-0.1, -0.05) is 19.9 Å². The Morgan fingerprint density at radius 3 is 2.86 bits per heavy atom. The highest BCUT2D eigenvalue weighted by molar-refractivity contribution is 7.99. The second kappa shape index (κ2) is 5.22. The second-order valence-electron chi connectivity index (χ2n) is 3.38. The number of aliphatic hydroxyl groups is 1. The molecule has 1 heterocycles. The minimum absolute atomic E-state index is 0.421. The van der Waals surface area contributed by atoms with Crippen molar-refractivity contribution in [3.63, 3.8) is 0 Å². The van der Waals surface area contributed by atoms with Crippen LogP contribution >= 0.6 is 11.8 Å². The monoisotopic (exact) mass is 212 g/mol. The number of hydrogen-bond donors (Lipinski definition) is 2. The Kier molecular flexibility index (Phi) is 4.22. The van der Waals surface area contributed by atoms with E-state index in [-0.39, 0.29) is 0 Å². The van der Waals surface area contributed by atoms with Gasteiger partial charge in [-0.05, 0) is 11.3 Å². The Morgan fingerprint density at radius 1 is 1.57 bits per heavy atom. The van der Waals surface area contributed by atoms with Gasteiger partial charge in [-0.25, -0.2) is 4.98 Å². The predicted molar refractivity (Wildman–Crippen MR) is 61.2 cm³/mol. The van der Waals surface area contributed by atoms with Gasteiger partial charge in [0.05, 0.1) is 6.10 Å². The first-order valence-corrected chi connectivity index (χ1v) is 5.66. The lowest BCUT2D eigenvalue weighted by Gasteiger charge is -2.13. The number of anilines is 1. The zero-order chi connectivity index (χ0) is 10.6. The Labute approximate surface area is 88.7 Å². The van der Waals surface area contributed by atoms with Gasteiger partial charge in [-0.2, -0.15) is 11.8 Å². The van der Waals surface area contributed by atoms with Gasteiger partial charge >= 0.3 is 0 Å². The smallest absolute Gasteiger partial charge is 0.129 e. The third-order valence-corrected chi connectivity index (χ3v) is 2.99. The van der Waals surface area contributed by atoms with Crippen LogP contribution in [-0.2, 0) is 0 Å². The fourth-order valence-electron chi connectivity index (χ4n) is 1.09. The van der Waals surface area contributed by atoms with Crippen LogP contribution < -0.4 is 5.73 Å². The van der Waals surface area contributed by atoms with E-state index in [1.807, 2.05) is 6.07 Å². The van der Waals surface area contributed by atoms with Crippen LogP contribution in [0.25, 0.3) is 0 Å². The first-order chi connectivity index (χ1) is 6.61. The third kappa shape index (κ3) is 3.20. The average molecular weight is 212 g/mol. The van der Waals surface area contributed by atoms with Gasteiger partial charge in [0.25, 0.3) is 0 Å². The molecule has 0 radical (unpaired) electrons. The normalized spacial score (nSPS) is 13.1. The Bertz CT molecular complexity index is 291. The fraction of sp³-hybridized carbons (Fsp3) is 0.500. The van der Waals surface area contributed by atoms with Crippen molar-refractivity contribution in [3.05, 3.63) is 23.9 Å². The standard InChI is InChI=1S/C10H16N2OS/c1-7(2)14-6-9(13)8-4-3-5-12-10(8)11/h3-5,7,9,13H,6H2,1-2H3,(H2,11,12). The van der Waals surface area contributed by atoms with Gasteiger partial charge in [0.2, 0.25) is 0 Å². The van der Waals surface area contributed by atoms with Gasteiger partial charge in [0, 0.05) is 17.5 Å². The summed E-state index contributed by atoms with van der Waals surface area (Å²) in [5.74, 6) is 1.08. The van der Waals surface area contributed by atoms with Gasteiger partial charge in [-0.3, -0.25) is 0 Å². The van der Waals surface area contributed by atoms with Gasteiger partial charge in [0.15, 0.2) is 0 Å². The van der Waals surface area contributed by atoms with Crippen LogP contribution in [0.2, 0.25) is 0 Å². The van der Waals surface area contributed by atoms with Crippen molar-refractivity contribution >= 4 is 17.6 Å². The molecule has 0 aliphatic heterocycles. The molecule has 1 rings (SSSR count). The average Bonchev–Trinajstić information content (AvgIpc) is 2.15. The quantitative estimate of drug-likeness (QED) is 0.799. The van der Waals surface area contributed by atoms with Gasteiger partial charge in [0.1, 0.15) is 5.82 Å². The number of aliphatic hydroxyl groups excluding tert-OH is 1. The number of pyridine rings is 1. The zero-order valence-corrected chi connectivity index (χ0v) is 9.29. The van der Waals surface area contributed by atoms with Crippen molar-refractivity contribution < 1.29 is 5.11 Å². The molecule has 0 aliphatic carbocycles. The highest BCUT2D eigenvalue weighted by Gasteiger charge is 2.11. The third-order valence-electron chi connectivity index (χ3n) is 1.82. The van der Waals surface area contributed by atoms with E-state index < -0.39 is 6.10 Å². The first kappa shape index (κ1) is 11.3. The minimum atomic E-state index is -0.518. The summed E-state index contributed by atoms with van der Waals surface area (Å²) in [6.07, 6.45) is 1.11. The lowest BCUT2D eigenvalue weighted by atomic mass is 10.2. The topological polar surface area (TPSA) is 59.1 Å². The lowest BCUT2D eigenvalue weighted by Crippen LogP contribution is -2.07. The van der Waals surface area contributed by atoms with E-state index in [1.165, 1.54) is 0 Å². The number of hydrogen-bond acceptors (Lipinski definition) is 4. The molecular formula is C10H16N2OS. The molecule has 0 fully saturated rings. The van der Waals surface area contributed by atoms with E-state index in [4.69, 9.17) is 5.73 Å². The summed E-state index contributed by atoms with van der Waals surface area (Å²) in [6, 6.07) is 3.60. The Hall–Kier alpha value is -0.740. The summed E-state index contributed by atoms with van der Waals surface area (Å²) in [6.45, 7) is 4.20. The molecular weight excluding hydrogens is 196 g/mol. The molecule has 4 heteroatoms. The van der Waals surface area contributed by atoms with E-state index in [1.54, 1.807) is 24.0 Å². The second-order valence-corrected chi connectivity index (χ2v) is 4.99. The SMILES string of the molecule is CC(C)SCC(O)c1cccnc1N. The van der Waals surface area contributed by atoms with E-state index in [2.05, 4.69) is 18.8 Å². The number of thioether (sulfide) groups is 1. The first-order valence-electron chi connectivity index (χ1n) is 4.61. The van der Waals surface area contributed by atoms with Crippen LogP contribution in [0.4, 0.5) is 5.82 Å². The lowest BCUT2D eigenvalue weighted by molar-refractivity contribution is 0.204. The number of rotatable bonds is 4. The molecule has 0 saturated heterocycles. The fourth-order valence-corrected chi connectivity index (χ4v) is 1.83. The van der Waals surface area contributed by atoms with E-state index in [0.717, 1.165) is 5.56 Å². The number of nitrogens with zero attached hydrogens (tertiary/aromatic N) is 1. The summed E-state index contributed by atoms with van der Waals surface area (Å²) < 4.78 is 0. The molecule has 3 N–H and O–H groups in total. The van der Waals surface area contributed by atoms with E-state index >= 15 is 0 Å². The van der Waals surface area contributed by atoms with Crippen molar-refractivity contribution in [1.29, 1.82) is 0 Å². The number of nitrogens with two attached hydrogens (primary N) is 1. The molecule has 14 heavy (non-hydrogen) atoms. The maximum atomic E-state index is 9.81. The molecule has 0 amide bonds. The summed E-state index contributed by atoms with van der Waals surface area (Å²) in [5.41, 5.74) is 6.37. The van der Waals surface area contributed by atoms with Crippen LogP contribution in [-0.4, -0.2) is 21.1 Å². The number of nitrogen functional groups attached to an aromatic ring is 1.